The molecular weight excluding hydrogens is 260 g/mol. The number of halogens is 1. The molecule has 2 heterocycles. The lowest BCUT2D eigenvalue weighted by Gasteiger charge is -2.04. The second-order valence-corrected chi connectivity index (χ2v) is 3.81. The van der Waals surface area contributed by atoms with Crippen molar-refractivity contribution in [3.8, 4) is 0 Å². The summed E-state index contributed by atoms with van der Waals surface area (Å²) in [5.41, 5.74) is 6.33. The Morgan fingerprint density at radius 1 is 1.47 bits per heavy atom. The van der Waals surface area contributed by atoms with Crippen molar-refractivity contribution < 1.29 is 0 Å². The Morgan fingerprint density at radius 3 is 2.93 bits per heavy atom. The number of nitrogens with zero attached hydrogens (tertiary/aromatic N) is 4. The summed E-state index contributed by atoms with van der Waals surface area (Å²) >= 11 is 3.32. The van der Waals surface area contributed by atoms with Crippen LogP contribution in [0.3, 0.4) is 0 Å². The van der Waals surface area contributed by atoms with E-state index in [1.54, 1.807) is 17.1 Å². The quantitative estimate of drug-likeness (QED) is 0.858. The van der Waals surface area contributed by atoms with Gasteiger partial charge in [0.2, 0.25) is 5.95 Å². The molecule has 2 rings (SSSR count). The average molecular weight is 269 g/mol. The van der Waals surface area contributed by atoms with Gasteiger partial charge in [-0.15, -0.1) is 0 Å². The molecule has 0 bridgehead atoms. The van der Waals surface area contributed by atoms with Gasteiger partial charge in [-0.1, -0.05) is 0 Å². The van der Waals surface area contributed by atoms with Crippen molar-refractivity contribution in [2.45, 2.75) is 0 Å². The van der Waals surface area contributed by atoms with Crippen molar-refractivity contribution in [1.82, 2.24) is 19.7 Å². The third kappa shape index (κ3) is 2.24. The van der Waals surface area contributed by atoms with E-state index in [0.29, 0.717) is 5.82 Å². The zero-order valence-electron chi connectivity index (χ0n) is 7.98. The van der Waals surface area contributed by atoms with E-state index in [4.69, 9.17) is 5.73 Å². The van der Waals surface area contributed by atoms with Gasteiger partial charge in [-0.3, -0.25) is 4.68 Å². The fourth-order valence-electron chi connectivity index (χ4n) is 1.09. The first kappa shape index (κ1) is 9.91. The molecule has 0 saturated carbocycles. The van der Waals surface area contributed by atoms with Crippen LogP contribution < -0.4 is 11.1 Å². The fraction of sp³-hybridized carbons (Fsp3) is 0.125. The van der Waals surface area contributed by atoms with Crippen LogP contribution >= 0.6 is 15.9 Å². The molecule has 15 heavy (non-hydrogen) atoms. The van der Waals surface area contributed by atoms with Crippen molar-refractivity contribution in [2.75, 3.05) is 11.1 Å². The summed E-state index contributed by atoms with van der Waals surface area (Å²) in [7, 11) is 1.84. The lowest BCUT2D eigenvalue weighted by molar-refractivity contribution is 0.768. The highest BCUT2D eigenvalue weighted by molar-refractivity contribution is 9.10. The Morgan fingerprint density at radius 2 is 2.27 bits per heavy atom. The monoisotopic (exact) mass is 268 g/mol. The number of aryl methyl sites for hydroxylation is 1. The standard InChI is InChI=1S/C8H9BrN6/c1-15-4-5(2-12-15)13-7-6(9)3-11-8(10)14-7/h2-4H,1H3,(H3,10,11,13,14). The van der Waals surface area contributed by atoms with E-state index < -0.39 is 0 Å². The van der Waals surface area contributed by atoms with Gasteiger partial charge in [-0.05, 0) is 15.9 Å². The Labute approximate surface area is 94.7 Å². The van der Waals surface area contributed by atoms with Crippen molar-refractivity contribution in [3.05, 3.63) is 23.1 Å². The summed E-state index contributed by atoms with van der Waals surface area (Å²) in [5.74, 6) is 0.847. The molecule has 0 unspecified atom stereocenters. The highest BCUT2D eigenvalue weighted by atomic mass is 79.9. The highest BCUT2D eigenvalue weighted by Crippen LogP contribution is 2.22. The maximum Gasteiger partial charge on any atom is 0.222 e. The minimum Gasteiger partial charge on any atom is -0.368 e. The second kappa shape index (κ2) is 3.85. The first-order valence-electron chi connectivity index (χ1n) is 4.19. The number of aromatic nitrogens is 4. The van der Waals surface area contributed by atoms with Gasteiger partial charge < -0.3 is 11.1 Å². The van der Waals surface area contributed by atoms with Crippen molar-refractivity contribution in [3.63, 3.8) is 0 Å². The number of hydrogen-bond acceptors (Lipinski definition) is 5. The third-order valence-corrected chi connectivity index (χ3v) is 2.31. The van der Waals surface area contributed by atoms with Crippen LogP contribution in [-0.4, -0.2) is 19.7 Å². The molecule has 6 nitrogen and oxygen atoms in total. The zero-order valence-corrected chi connectivity index (χ0v) is 9.56. The lowest BCUT2D eigenvalue weighted by Crippen LogP contribution is -1.99. The van der Waals surface area contributed by atoms with Crippen LogP contribution in [0.15, 0.2) is 23.1 Å². The molecule has 0 atom stereocenters. The maximum absolute atomic E-state index is 5.48. The molecule has 2 aromatic rings. The van der Waals surface area contributed by atoms with Gasteiger partial charge in [0.25, 0.3) is 0 Å². The fourth-order valence-corrected chi connectivity index (χ4v) is 1.38. The maximum atomic E-state index is 5.48. The Hall–Kier alpha value is -1.63. The van der Waals surface area contributed by atoms with E-state index >= 15 is 0 Å². The summed E-state index contributed by atoms with van der Waals surface area (Å²) in [6, 6.07) is 0. The Kier molecular flexibility index (Phi) is 2.55. The van der Waals surface area contributed by atoms with E-state index in [9.17, 15) is 0 Å². The Balaban J connectivity index is 2.27. The first-order chi connectivity index (χ1) is 7.15. The van der Waals surface area contributed by atoms with E-state index in [-0.39, 0.29) is 5.95 Å². The first-order valence-corrected chi connectivity index (χ1v) is 4.98. The molecule has 0 saturated heterocycles. The third-order valence-electron chi connectivity index (χ3n) is 1.73. The number of rotatable bonds is 2. The van der Waals surface area contributed by atoms with E-state index in [1.165, 1.54) is 0 Å². The summed E-state index contributed by atoms with van der Waals surface area (Å²) in [6.45, 7) is 0. The topological polar surface area (TPSA) is 81.7 Å². The summed E-state index contributed by atoms with van der Waals surface area (Å²) in [4.78, 5) is 7.89. The summed E-state index contributed by atoms with van der Waals surface area (Å²) in [6.07, 6.45) is 5.14. The normalized spacial score (nSPS) is 10.3. The van der Waals surface area contributed by atoms with Crippen molar-refractivity contribution in [2.24, 2.45) is 7.05 Å². The molecule has 0 aliphatic heterocycles. The molecule has 0 aliphatic carbocycles. The molecule has 0 spiro atoms. The van der Waals surface area contributed by atoms with Crippen LogP contribution in [0.1, 0.15) is 0 Å². The van der Waals surface area contributed by atoms with Gasteiger partial charge in [0.15, 0.2) is 0 Å². The van der Waals surface area contributed by atoms with Crippen LogP contribution in [-0.2, 0) is 7.05 Å². The van der Waals surface area contributed by atoms with Crippen molar-refractivity contribution >= 4 is 33.4 Å². The van der Waals surface area contributed by atoms with Crippen LogP contribution in [0, 0.1) is 0 Å². The number of nitrogens with one attached hydrogen (secondary N) is 1. The predicted molar refractivity (Wildman–Crippen MR) is 60.6 cm³/mol. The van der Waals surface area contributed by atoms with Gasteiger partial charge in [0.05, 0.1) is 16.4 Å². The van der Waals surface area contributed by atoms with Crippen LogP contribution in [0.5, 0.6) is 0 Å². The highest BCUT2D eigenvalue weighted by Gasteiger charge is 2.04. The molecule has 0 amide bonds. The molecule has 0 aromatic carbocycles. The minimum absolute atomic E-state index is 0.226. The molecule has 0 radical (unpaired) electrons. The summed E-state index contributed by atoms with van der Waals surface area (Å²) in [5, 5.41) is 7.10. The minimum atomic E-state index is 0.226. The average Bonchev–Trinajstić information content (AvgIpc) is 2.58. The molecule has 2 aromatic heterocycles. The second-order valence-electron chi connectivity index (χ2n) is 2.95. The molecule has 78 valence electrons. The van der Waals surface area contributed by atoms with Gasteiger partial charge in [-0.25, -0.2) is 4.98 Å². The van der Waals surface area contributed by atoms with Gasteiger partial charge in [0, 0.05) is 19.4 Å². The van der Waals surface area contributed by atoms with E-state index in [1.807, 2.05) is 13.2 Å². The van der Waals surface area contributed by atoms with Crippen LogP contribution in [0.4, 0.5) is 17.5 Å². The van der Waals surface area contributed by atoms with Crippen molar-refractivity contribution in [1.29, 1.82) is 0 Å². The van der Waals surface area contributed by atoms with Crippen LogP contribution in [0.25, 0.3) is 0 Å². The number of nitrogen functional groups attached to an aromatic ring is 1. The molecule has 0 fully saturated rings. The number of nitrogens with two attached hydrogens (primary N) is 1. The number of anilines is 3. The largest absolute Gasteiger partial charge is 0.368 e. The zero-order chi connectivity index (χ0) is 10.8. The SMILES string of the molecule is Cn1cc(Nc2nc(N)ncc2Br)cn1. The van der Waals surface area contributed by atoms with Gasteiger partial charge >= 0.3 is 0 Å². The smallest absolute Gasteiger partial charge is 0.222 e. The number of hydrogen-bond donors (Lipinski definition) is 2. The predicted octanol–water partition coefficient (Wildman–Crippen LogP) is 1.30. The van der Waals surface area contributed by atoms with E-state index in [0.717, 1.165) is 10.2 Å². The van der Waals surface area contributed by atoms with Gasteiger partial charge in [0.1, 0.15) is 5.82 Å². The lowest BCUT2D eigenvalue weighted by atomic mass is 10.5. The molecular formula is C8H9BrN6. The molecule has 0 aliphatic rings. The summed E-state index contributed by atoms with van der Waals surface area (Å²) < 4.78 is 2.45. The Bertz CT molecular complexity index is 480. The van der Waals surface area contributed by atoms with E-state index in [2.05, 4.69) is 36.3 Å². The van der Waals surface area contributed by atoms with Gasteiger partial charge in [-0.2, -0.15) is 10.1 Å². The van der Waals surface area contributed by atoms with Crippen LogP contribution in [0.2, 0.25) is 0 Å². The molecule has 3 N–H and O–H groups in total. The molecule has 7 heteroatoms.